The molecule has 0 saturated heterocycles. The van der Waals surface area contributed by atoms with Gasteiger partial charge >= 0.3 is 0 Å². The molecule has 1 aromatic rings. The van der Waals surface area contributed by atoms with Crippen LogP contribution in [0.25, 0.3) is 0 Å². The van der Waals surface area contributed by atoms with E-state index in [0.717, 1.165) is 42.3 Å². The van der Waals surface area contributed by atoms with Crippen LogP contribution in [-0.2, 0) is 6.42 Å². The fourth-order valence-electron chi connectivity index (χ4n) is 1.85. The van der Waals surface area contributed by atoms with Crippen LogP contribution in [0.4, 0.5) is 4.39 Å². The van der Waals surface area contributed by atoms with E-state index < -0.39 is 0 Å². The molecule has 1 atom stereocenters. The second-order valence-corrected chi connectivity index (χ2v) is 5.25. The average Bonchev–Trinajstić information content (AvgIpc) is 2.31. The van der Waals surface area contributed by atoms with Gasteiger partial charge in [0, 0.05) is 10.5 Å². The Hall–Kier alpha value is -0.410. The summed E-state index contributed by atoms with van der Waals surface area (Å²) in [4.78, 5) is 0. The fourth-order valence-corrected chi connectivity index (χ4v) is 2.19. The molecule has 0 aliphatic heterocycles. The first kappa shape index (κ1) is 14.7. The summed E-state index contributed by atoms with van der Waals surface area (Å²) >= 11 is 3.27. The molecule has 17 heavy (non-hydrogen) atoms. The second kappa shape index (κ2) is 7.83. The molecule has 96 valence electrons. The molecule has 0 spiro atoms. The molecular formula is C14H21BrFN. The molecule has 0 amide bonds. The zero-order chi connectivity index (χ0) is 12.7. The SMILES string of the molecule is CCCNC(CC)CCc1ccc(Br)cc1F. The van der Waals surface area contributed by atoms with Crippen molar-refractivity contribution in [1.82, 2.24) is 5.32 Å². The molecule has 0 aromatic heterocycles. The zero-order valence-electron chi connectivity index (χ0n) is 10.6. The number of rotatable bonds is 7. The van der Waals surface area contributed by atoms with Crippen LogP contribution in [0.1, 0.15) is 38.7 Å². The van der Waals surface area contributed by atoms with E-state index in [1.54, 1.807) is 0 Å². The van der Waals surface area contributed by atoms with Gasteiger partial charge in [0.15, 0.2) is 0 Å². The lowest BCUT2D eigenvalue weighted by Crippen LogP contribution is -2.29. The maximum atomic E-state index is 13.6. The van der Waals surface area contributed by atoms with Gasteiger partial charge in [0.2, 0.25) is 0 Å². The van der Waals surface area contributed by atoms with Crippen LogP contribution in [0, 0.1) is 5.82 Å². The highest BCUT2D eigenvalue weighted by molar-refractivity contribution is 9.10. The van der Waals surface area contributed by atoms with Crippen LogP contribution in [0.5, 0.6) is 0 Å². The van der Waals surface area contributed by atoms with Gasteiger partial charge in [-0.15, -0.1) is 0 Å². The third kappa shape index (κ3) is 5.17. The highest BCUT2D eigenvalue weighted by Crippen LogP contribution is 2.17. The van der Waals surface area contributed by atoms with Crippen molar-refractivity contribution in [2.24, 2.45) is 0 Å². The summed E-state index contributed by atoms with van der Waals surface area (Å²) in [6, 6.07) is 5.80. The molecule has 1 unspecified atom stereocenters. The lowest BCUT2D eigenvalue weighted by atomic mass is 10.0. The van der Waals surface area contributed by atoms with E-state index in [0.29, 0.717) is 6.04 Å². The highest BCUT2D eigenvalue weighted by atomic mass is 79.9. The molecule has 0 heterocycles. The van der Waals surface area contributed by atoms with Gasteiger partial charge in [-0.25, -0.2) is 4.39 Å². The van der Waals surface area contributed by atoms with Gasteiger partial charge in [0.25, 0.3) is 0 Å². The predicted molar refractivity (Wildman–Crippen MR) is 74.8 cm³/mol. The normalized spacial score (nSPS) is 12.7. The minimum absolute atomic E-state index is 0.107. The molecule has 0 aliphatic rings. The first-order valence-corrected chi connectivity index (χ1v) is 7.14. The summed E-state index contributed by atoms with van der Waals surface area (Å²) in [6.45, 7) is 5.38. The number of hydrogen-bond acceptors (Lipinski definition) is 1. The molecule has 1 nitrogen and oxygen atoms in total. The van der Waals surface area contributed by atoms with E-state index in [-0.39, 0.29) is 5.82 Å². The standard InChI is InChI=1S/C14H21BrFN/c1-3-9-17-13(4-2)8-6-11-5-7-12(15)10-14(11)16/h5,7,10,13,17H,3-4,6,8-9H2,1-2H3. The van der Waals surface area contributed by atoms with Gasteiger partial charge in [-0.1, -0.05) is 35.8 Å². The van der Waals surface area contributed by atoms with Crippen LogP contribution in [0.3, 0.4) is 0 Å². The van der Waals surface area contributed by atoms with Crippen molar-refractivity contribution in [2.75, 3.05) is 6.54 Å². The highest BCUT2D eigenvalue weighted by Gasteiger charge is 2.08. The minimum atomic E-state index is -0.107. The summed E-state index contributed by atoms with van der Waals surface area (Å²) in [5, 5.41) is 3.49. The maximum absolute atomic E-state index is 13.6. The van der Waals surface area contributed by atoms with E-state index in [1.165, 1.54) is 6.07 Å². The third-order valence-corrected chi connectivity index (χ3v) is 3.45. The Kier molecular flexibility index (Phi) is 6.75. The van der Waals surface area contributed by atoms with Crippen LogP contribution in [-0.4, -0.2) is 12.6 Å². The van der Waals surface area contributed by atoms with Crippen molar-refractivity contribution >= 4 is 15.9 Å². The van der Waals surface area contributed by atoms with Gasteiger partial charge in [0.1, 0.15) is 5.82 Å². The molecule has 3 heteroatoms. The summed E-state index contributed by atoms with van der Waals surface area (Å²) in [6.07, 6.45) is 4.03. The first-order valence-electron chi connectivity index (χ1n) is 6.34. The number of hydrogen-bond donors (Lipinski definition) is 1. The molecule has 1 aromatic carbocycles. The summed E-state index contributed by atoms with van der Waals surface area (Å²) in [5.74, 6) is -0.107. The topological polar surface area (TPSA) is 12.0 Å². The summed E-state index contributed by atoms with van der Waals surface area (Å²) in [5.41, 5.74) is 0.810. The summed E-state index contributed by atoms with van der Waals surface area (Å²) in [7, 11) is 0. The van der Waals surface area contributed by atoms with Gasteiger partial charge in [0.05, 0.1) is 0 Å². The molecule has 0 aliphatic carbocycles. The van der Waals surface area contributed by atoms with E-state index in [2.05, 4.69) is 35.1 Å². The van der Waals surface area contributed by atoms with Gasteiger partial charge in [-0.05, 0) is 49.9 Å². The number of nitrogens with one attached hydrogen (secondary N) is 1. The van der Waals surface area contributed by atoms with Crippen LogP contribution < -0.4 is 5.32 Å². The smallest absolute Gasteiger partial charge is 0.127 e. The minimum Gasteiger partial charge on any atom is -0.314 e. The molecule has 1 N–H and O–H groups in total. The fraction of sp³-hybridized carbons (Fsp3) is 0.571. The van der Waals surface area contributed by atoms with Crippen LogP contribution >= 0.6 is 15.9 Å². The zero-order valence-corrected chi connectivity index (χ0v) is 12.2. The largest absolute Gasteiger partial charge is 0.314 e. The molecule has 0 saturated carbocycles. The molecular weight excluding hydrogens is 281 g/mol. The Morgan fingerprint density at radius 1 is 1.35 bits per heavy atom. The number of benzene rings is 1. The molecule has 0 fully saturated rings. The molecule has 0 radical (unpaired) electrons. The average molecular weight is 302 g/mol. The Balaban J connectivity index is 2.47. The van der Waals surface area contributed by atoms with E-state index in [9.17, 15) is 4.39 Å². The molecule has 0 bridgehead atoms. The van der Waals surface area contributed by atoms with Crippen molar-refractivity contribution in [3.8, 4) is 0 Å². The Labute approximate surface area is 112 Å². The van der Waals surface area contributed by atoms with Crippen LogP contribution in [0.2, 0.25) is 0 Å². The first-order chi connectivity index (χ1) is 8.17. The third-order valence-electron chi connectivity index (χ3n) is 2.95. The Morgan fingerprint density at radius 3 is 2.71 bits per heavy atom. The maximum Gasteiger partial charge on any atom is 0.127 e. The van der Waals surface area contributed by atoms with Gasteiger partial charge in [-0.3, -0.25) is 0 Å². The lowest BCUT2D eigenvalue weighted by Gasteiger charge is -2.16. The van der Waals surface area contributed by atoms with E-state index in [1.807, 2.05) is 12.1 Å². The number of halogens is 2. The second-order valence-electron chi connectivity index (χ2n) is 4.33. The van der Waals surface area contributed by atoms with E-state index >= 15 is 0 Å². The van der Waals surface area contributed by atoms with Gasteiger partial charge in [-0.2, -0.15) is 0 Å². The quantitative estimate of drug-likeness (QED) is 0.792. The lowest BCUT2D eigenvalue weighted by molar-refractivity contribution is 0.464. The van der Waals surface area contributed by atoms with Crippen molar-refractivity contribution in [3.05, 3.63) is 34.1 Å². The number of aryl methyl sites for hydroxylation is 1. The van der Waals surface area contributed by atoms with E-state index in [4.69, 9.17) is 0 Å². The van der Waals surface area contributed by atoms with Crippen molar-refractivity contribution in [1.29, 1.82) is 0 Å². The Bertz CT molecular complexity index is 341. The molecule has 1 rings (SSSR count). The van der Waals surface area contributed by atoms with Crippen molar-refractivity contribution in [3.63, 3.8) is 0 Å². The Morgan fingerprint density at radius 2 is 2.12 bits per heavy atom. The van der Waals surface area contributed by atoms with Gasteiger partial charge < -0.3 is 5.32 Å². The van der Waals surface area contributed by atoms with Crippen molar-refractivity contribution < 1.29 is 4.39 Å². The van der Waals surface area contributed by atoms with Crippen molar-refractivity contribution in [2.45, 2.75) is 45.6 Å². The predicted octanol–water partition coefficient (Wildman–Crippen LogP) is 4.30. The van der Waals surface area contributed by atoms with Crippen LogP contribution in [0.15, 0.2) is 22.7 Å². The monoisotopic (exact) mass is 301 g/mol. The summed E-state index contributed by atoms with van der Waals surface area (Å²) < 4.78 is 14.4.